The standard InChI is InChI=1S/C13H18BrFN2.ClH/c1-9(16)10-4-5-17(7-10)8-11-2-3-12(14)6-13(11)15;/h2-3,6,9-10H,4-5,7-8,16H2,1H3;1H. The summed E-state index contributed by atoms with van der Waals surface area (Å²) >= 11 is 3.27. The summed E-state index contributed by atoms with van der Waals surface area (Å²) in [6.07, 6.45) is 1.12. The fourth-order valence-corrected chi connectivity index (χ4v) is 2.66. The molecule has 0 spiro atoms. The SMILES string of the molecule is CC(N)C1CCN(Cc2ccc(Br)cc2F)C1.Cl. The molecule has 1 aliphatic heterocycles. The van der Waals surface area contributed by atoms with Crippen molar-refractivity contribution in [3.63, 3.8) is 0 Å². The minimum atomic E-state index is -0.136. The van der Waals surface area contributed by atoms with Crippen LogP contribution in [0.25, 0.3) is 0 Å². The highest BCUT2D eigenvalue weighted by atomic mass is 79.9. The fraction of sp³-hybridized carbons (Fsp3) is 0.538. The lowest BCUT2D eigenvalue weighted by Crippen LogP contribution is -2.29. The highest BCUT2D eigenvalue weighted by Gasteiger charge is 2.25. The molecule has 18 heavy (non-hydrogen) atoms. The van der Waals surface area contributed by atoms with Crippen molar-refractivity contribution >= 4 is 28.3 Å². The Hall–Kier alpha value is -0.160. The van der Waals surface area contributed by atoms with Gasteiger partial charge < -0.3 is 5.73 Å². The maximum absolute atomic E-state index is 13.7. The second-order valence-electron chi connectivity index (χ2n) is 4.88. The van der Waals surface area contributed by atoms with Gasteiger partial charge in [0, 0.05) is 29.2 Å². The van der Waals surface area contributed by atoms with Crippen LogP contribution in [0.2, 0.25) is 0 Å². The molecular formula is C13H19BrClFN2. The highest BCUT2D eigenvalue weighted by Crippen LogP contribution is 2.22. The molecule has 0 radical (unpaired) electrons. The van der Waals surface area contributed by atoms with Crippen LogP contribution in [0.15, 0.2) is 22.7 Å². The molecule has 2 rings (SSSR count). The van der Waals surface area contributed by atoms with Crippen LogP contribution in [-0.2, 0) is 6.54 Å². The number of nitrogens with two attached hydrogens (primary N) is 1. The molecule has 0 saturated carbocycles. The van der Waals surface area contributed by atoms with Gasteiger partial charge in [-0.1, -0.05) is 22.0 Å². The van der Waals surface area contributed by atoms with E-state index in [1.54, 1.807) is 0 Å². The fourth-order valence-electron chi connectivity index (χ4n) is 2.33. The van der Waals surface area contributed by atoms with Crippen molar-refractivity contribution < 1.29 is 4.39 Å². The van der Waals surface area contributed by atoms with Gasteiger partial charge in [-0.2, -0.15) is 0 Å². The summed E-state index contributed by atoms with van der Waals surface area (Å²) in [6.45, 7) is 4.73. The summed E-state index contributed by atoms with van der Waals surface area (Å²) in [7, 11) is 0. The van der Waals surface area contributed by atoms with Crippen molar-refractivity contribution in [2.45, 2.75) is 25.9 Å². The first kappa shape index (κ1) is 15.9. The number of benzene rings is 1. The van der Waals surface area contributed by atoms with Gasteiger partial charge in [0.15, 0.2) is 0 Å². The zero-order chi connectivity index (χ0) is 12.4. The van der Waals surface area contributed by atoms with E-state index in [2.05, 4.69) is 20.8 Å². The molecule has 1 aromatic carbocycles. The van der Waals surface area contributed by atoms with Crippen LogP contribution >= 0.6 is 28.3 Å². The molecule has 5 heteroatoms. The normalized spacial score (nSPS) is 21.7. The van der Waals surface area contributed by atoms with Crippen LogP contribution < -0.4 is 5.73 Å². The monoisotopic (exact) mass is 336 g/mol. The Bertz CT molecular complexity index is 401. The number of nitrogens with zero attached hydrogens (tertiary/aromatic N) is 1. The Morgan fingerprint density at radius 3 is 2.83 bits per heavy atom. The molecule has 2 unspecified atom stereocenters. The second kappa shape index (κ2) is 6.85. The van der Waals surface area contributed by atoms with Crippen LogP contribution in [0.3, 0.4) is 0 Å². The van der Waals surface area contributed by atoms with E-state index in [1.807, 2.05) is 19.1 Å². The van der Waals surface area contributed by atoms with E-state index in [1.165, 1.54) is 6.07 Å². The quantitative estimate of drug-likeness (QED) is 0.918. The first-order valence-electron chi connectivity index (χ1n) is 5.98. The molecular weight excluding hydrogens is 319 g/mol. The predicted molar refractivity (Wildman–Crippen MR) is 78.4 cm³/mol. The van der Waals surface area contributed by atoms with Gasteiger partial charge in [-0.05, 0) is 37.9 Å². The maximum Gasteiger partial charge on any atom is 0.128 e. The lowest BCUT2D eigenvalue weighted by molar-refractivity contribution is 0.304. The van der Waals surface area contributed by atoms with Crippen LogP contribution in [0.4, 0.5) is 4.39 Å². The third-order valence-corrected chi connectivity index (χ3v) is 3.95. The zero-order valence-electron chi connectivity index (χ0n) is 10.4. The maximum atomic E-state index is 13.7. The van der Waals surface area contributed by atoms with E-state index < -0.39 is 0 Å². The molecule has 0 bridgehead atoms. The van der Waals surface area contributed by atoms with Gasteiger partial charge in [0.05, 0.1) is 0 Å². The minimum Gasteiger partial charge on any atom is -0.328 e. The molecule has 0 aliphatic carbocycles. The highest BCUT2D eigenvalue weighted by molar-refractivity contribution is 9.10. The third kappa shape index (κ3) is 3.92. The van der Waals surface area contributed by atoms with Gasteiger partial charge >= 0.3 is 0 Å². The zero-order valence-corrected chi connectivity index (χ0v) is 12.8. The van der Waals surface area contributed by atoms with Gasteiger partial charge in [-0.25, -0.2) is 4.39 Å². The number of hydrogen-bond acceptors (Lipinski definition) is 2. The molecule has 102 valence electrons. The largest absolute Gasteiger partial charge is 0.328 e. The Morgan fingerprint density at radius 1 is 1.56 bits per heavy atom. The molecule has 1 heterocycles. The molecule has 1 saturated heterocycles. The lowest BCUT2D eigenvalue weighted by Gasteiger charge is -2.18. The Labute approximate surface area is 122 Å². The molecule has 1 aliphatic rings. The summed E-state index contributed by atoms with van der Waals surface area (Å²) < 4.78 is 14.5. The first-order chi connectivity index (χ1) is 8.06. The summed E-state index contributed by atoms with van der Waals surface area (Å²) in [5, 5.41) is 0. The van der Waals surface area contributed by atoms with Crippen molar-refractivity contribution in [2.24, 2.45) is 11.7 Å². The van der Waals surface area contributed by atoms with Gasteiger partial charge in [0.25, 0.3) is 0 Å². The summed E-state index contributed by atoms with van der Waals surface area (Å²) in [4.78, 5) is 2.28. The van der Waals surface area contributed by atoms with Crippen molar-refractivity contribution in [1.29, 1.82) is 0 Å². The van der Waals surface area contributed by atoms with Gasteiger partial charge in [-0.15, -0.1) is 12.4 Å². The first-order valence-corrected chi connectivity index (χ1v) is 6.77. The Morgan fingerprint density at radius 2 is 2.28 bits per heavy atom. The smallest absolute Gasteiger partial charge is 0.128 e. The van der Waals surface area contributed by atoms with Crippen LogP contribution in [0.5, 0.6) is 0 Å². The number of hydrogen-bond donors (Lipinski definition) is 1. The topological polar surface area (TPSA) is 29.3 Å². The van der Waals surface area contributed by atoms with Crippen LogP contribution in [0, 0.1) is 11.7 Å². The molecule has 1 aromatic rings. The minimum absolute atomic E-state index is 0. The molecule has 0 aromatic heterocycles. The van der Waals surface area contributed by atoms with Crippen molar-refractivity contribution in [2.75, 3.05) is 13.1 Å². The Kier molecular flexibility index (Phi) is 6.05. The summed E-state index contributed by atoms with van der Waals surface area (Å²) in [6, 6.07) is 5.49. The molecule has 1 fully saturated rings. The van der Waals surface area contributed by atoms with Crippen LogP contribution in [-0.4, -0.2) is 24.0 Å². The van der Waals surface area contributed by atoms with Crippen molar-refractivity contribution in [3.8, 4) is 0 Å². The van der Waals surface area contributed by atoms with Crippen LogP contribution in [0.1, 0.15) is 18.9 Å². The average molecular weight is 338 g/mol. The average Bonchev–Trinajstić information content (AvgIpc) is 2.71. The third-order valence-electron chi connectivity index (χ3n) is 3.46. The van der Waals surface area contributed by atoms with E-state index in [4.69, 9.17) is 5.73 Å². The van der Waals surface area contributed by atoms with Gasteiger partial charge in [-0.3, -0.25) is 4.90 Å². The number of rotatable bonds is 3. The summed E-state index contributed by atoms with van der Waals surface area (Å²) in [5.41, 5.74) is 6.66. The number of halogens is 3. The van der Waals surface area contributed by atoms with E-state index in [-0.39, 0.29) is 24.3 Å². The second-order valence-corrected chi connectivity index (χ2v) is 5.79. The van der Waals surface area contributed by atoms with Gasteiger partial charge in [0.1, 0.15) is 5.82 Å². The van der Waals surface area contributed by atoms with Crippen molar-refractivity contribution in [3.05, 3.63) is 34.1 Å². The van der Waals surface area contributed by atoms with E-state index in [9.17, 15) is 4.39 Å². The molecule has 2 N–H and O–H groups in total. The van der Waals surface area contributed by atoms with E-state index in [0.29, 0.717) is 12.5 Å². The molecule has 2 atom stereocenters. The predicted octanol–water partition coefficient (Wildman–Crippen LogP) is 3.18. The van der Waals surface area contributed by atoms with Gasteiger partial charge in [0.2, 0.25) is 0 Å². The number of likely N-dealkylation sites (tertiary alicyclic amines) is 1. The van der Waals surface area contributed by atoms with E-state index >= 15 is 0 Å². The lowest BCUT2D eigenvalue weighted by atomic mass is 10.0. The Balaban J connectivity index is 0.00000162. The van der Waals surface area contributed by atoms with E-state index in [0.717, 1.165) is 29.5 Å². The molecule has 0 amide bonds. The summed E-state index contributed by atoms with van der Waals surface area (Å²) in [5.74, 6) is 0.414. The molecule has 2 nitrogen and oxygen atoms in total. The van der Waals surface area contributed by atoms with Crippen molar-refractivity contribution in [1.82, 2.24) is 4.90 Å².